The number of carbonyl (C=O) groups is 2. The van der Waals surface area contributed by atoms with Crippen LogP contribution in [0.15, 0.2) is 24.3 Å². The Bertz CT molecular complexity index is 550. The van der Waals surface area contributed by atoms with Gasteiger partial charge in [-0.05, 0) is 52.5 Å². The maximum atomic E-state index is 11.9. The van der Waals surface area contributed by atoms with Crippen molar-refractivity contribution in [3.63, 3.8) is 0 Å². The minimum atomic E-state index is -0.646. The lowest BCUT2D eigenvalue weighted by Gasteiger charge is -2.19. The Morgan fingerprint density at radius 3 is 2.40 bits per heavy atom. The van der Waals surface area contributed by atoms with E-state index in [-0.39, 0.29) is 6.61 Å². The molecule has 140 valence electrons. The van der Waals surface area contributed by atoms with Crippen LogP contribution in [0.3, 0.4) is 0 Å². The van der Waals surface area contributed by atoms with E-state index in [4.69, 9.17) is 15.2 Å². The minimum Gasteiger partial charge on any atom is -0.460 e. The number of nitrogens with two attached hydrogens (primary N) is 1. The van der Waals surface area contributed by atoms with E-state index in [1.54, 1.807) is 0 Å². The van der Waals surface area contributed by atoms with E-state index in [0.29, 0.717) is 13.0 Å². The number of benzene rings is 1. The summed E-state index contributed by atoms with van der Waals surface area (Å²) in [6, 6.07) is 7.15. The first-order chi connectivity index (χ1) is 11.7. The average molecular weight is 350 g/mol. The molecule has 1 amide bonds. The molecule has 0 aromatic heterocycles. The number of hydrogen-bond acceptors (Lipinski definition) is 5. The Balaban J connectivity index is 2.14. The molecule has 1 atom stereocenters. The SMILES string of the molecule is Cc1ccc(COC(=O)[C@@H](N)CCCCNC(=O)OC(C)(C)C)cc1. The molecule has 0 fully saturated rings. The van der Waals surface area contributed by atoms with Gasteiger partial charge in [0.05, 0.1) is 0 Å². The van der Waals surface area contributed by atoms with Crippen LogP contribution >= 0.6 is 0 Å². The van der Waals surface area contributed by atoms with Crippen LogP contribution in [0.25, 0.3) is 0 Å². The Morgan fingerprint density at radius 2 is 1.80 bits per heavy atom. The predicted molar refractivity (Wildman–Crippen MR) is 97.0 cm³/mol. The van der Waals surface area contributed by atoms with Gasteiger partial charge in [-0.25, -0.2) is 4.79 Å². The van der Waals surface area contributed by atoms with Gasteiger partial charge in [0.15, 0.2) is 0 Å². The molecule has 0 spiro atoms. The number of rotatable bonds is 8. The van der Waals surface area contributed by atoms with Gasteiger partial charge in [-0.3, -0.25) is 4.79 Å². The maximum absolute atomic E-state index is 11.9. The highest BCUT2D eigenvalue weighted by molar-refractivity contribution is 5.75. The van der Waals surface area contributed by atoms with Gasteiger partial charge in [0.1, 0.15) is 18.2 Å². The molecule has 1 aromatic carbocycles. The van der Waals surface area contributed by atoms with Crippen LogP contribution in [0.1, 0.15) is 51.2 Å². The molecule has 0 heterocycles. The fraction of sp³-hybridized carbons (Fsp3) is 0.579. The van der Waals surface area contributed by atoms with E-state index in [0.717, 1.165) is 24.0 Å². The summed E-state index contributed by atoms with van der Waals surface area (Å²) in [5, 5.41) is 2.68. The average Bonchev–Trinajstić information content (AvgIpc) is 2.51. The molecule has 0 saturated carbocycles. The highest BCUT2D eigenvalue weighted by Crippen LogP contribution is 2.08. The molecular formula is C19H30N2O4. The van der Waals surface area contributed by atoms with Gasteiger partial charge in [-0.1, -0.05) is 29.8 Å². The topological polar surface area (TPSA) is 90.6 Å². The number of unbranched alkanes of at least 4 members (excludes halogenated alkanes) is 1. The second-order valence-electron chi connectivity index (χ2n) is 7.12. The second-order valence-corrected chi connectivity index (χ2v) is 7.12. The highest BCUT2D eigenvalue weighted by Gasteiger charge is 2.16. The van der Waals surface area contributed by atoms with Crippen molar-refractivity contribution >= 4 is 12.1 Å². The number of aryl methyl sites for hydroxylation is 1. The third kappa shape index (κ3) is 9.72. The van der Waals surface area contributed by atoms with Crippen LogP contribution in [0.5, 0.6) is 0 Å². The molecule has 6 nitrogen and oxygen atoms in total. The Labute approximate surface area is 150 Å². The smallest absolute Gasteiger partial charge is 0.407 e. The zero-order chi connectivity index (χ0) is 18.9. The normalized spacial score (nSPS) is 12.4. The lowest BCUT2D eigenvalue weighted by atomic mass is 10.1. The molecule has 25 heavy (non-hydrogen) atoms. The van der Waals surface area contributed by atoms with Crippen molar-refractivity contribution < 1.29 is 19.1 Å². The van der Waals surface area contributed by atoms with E-state index >= 15 is 0 Å². The summed E-state index contributed by atoms with van der Waals surface area (Å²) < 4.78 is 10.4. The highest BCUT2D eigenvalue weighted by atomic mass is 16.6. The number of carbonyl (C=O) groups excluding carboxylic acids is 2. The van der Waals surface area contributed by atoms with Gasteiger partial charge in [0.25, 0.3) is 0 Å². The molecule has 1 aromatic rings. The molecule has 0 unspecified atom stereocenters. The number of esters is 1. The van der Waals surface area contributed by atoms with Crippen LogP contribution in [0.2, 0.25) is 0 Å². The zero-order valence-electron chi connectivity index (χ0n) is 15.6. The van der Waals surface area contributed by atoms with Gasteiger partial charge in [0.2, 0.25) is 0 Å². The van der Waals surface area contributed by atoms with Gasteiger partial charge in [-0.15, -0.1) is 0 Å². The van der Waals surface area contributed by atoms with E-state index < -0.39 is 23.7 Å². The summed E-state index contributed by atoms with van der Waals surface area (Å²) >= 11 is 0. The van der Waals surface area contributed by atoms with Crippen molar-refractivity contribution in [2.24, 2.45) is 5.73 Å². The van der Waals surface area contributed by atoms with Gasteiger partial charge >= 0.3 is 12.1 Å². The van der Waals surface area contributed by atoms with E-state index in [1.165, 1.54) is 0 Å². The third-order valence-electron chi connectivity index (χ3n) is 3.41. The first-order valence-electron chi connectivity index (χ1n) is 8.62. The summed E-state index contributed by atoms with van der Waals surface area (Å²) in [5.74, 6) is -0.402. The Kier molecular flexibility index (Phi) is 8.41. The lowest BCUT2D eigenvalue weighted by molar-refractivity contribution is -0.146. The molecule has 0 aliphatic carbocycles. The second kappa shape index (κ2) is 10.0. The molecule has 6 heteroatoms. The fourth-order valence-electron chi connectivity index (χ4n) is 2.06. The third-order valence-corrected chi connectivity index (χ3v) is 3.41. The Hall–Kier alpha value is -2.08. The summed E-state index contributed by atoms with van der Waals surface area (Å²) in [5.41, 5.74) is 7.43. The van der Waals surface area contributed by atoms with Crippen LogP contribution in [0, 0.1) is 6.92 Å². The lowest BCUT2D eigenvalue weighted by Crippen LogP contribution is -2.34. The van der Waals surface area contributed by atoms with E-state index in [1.807, 2.05) is 52.0 Å². The molecule has 3 N–H and O–H groups in total. The zero-order valence-corrected chi connectivity index (χ0v) is 15.6. The molecule has 0 radical (unpaired) electrons. The van der Waals surface area contributed by atoms with Crippen molar-refractivity contribution in [1.82, 2.24) is 5.32 Å². The largest absolute Gasteiger partial charge is 0.460 e. The molecule has 0 saturated heterocycles. The first kappa shape index (κ1) is 21.0. The first-order valence-corrected chi connectivity index (χ1v) is 8.62. The monoisotopic (exact) mass is 350 g/mol. The van der Waals surface area contributed by atoms with Crippen molar-refractivity contribution in [3.05, 3.63) is 35.4 Å². The minimum absolute atomic E-state index is 0.229. The summed E-state index contributed by atoms with van der Waals surface area (Å²) in [4.78, 5) is 23.3. The van der Waals surface area contributed by atoms with Crippen molar-refractivity contribution in [1.29, 1.82) is 0 Å². The van der Waals surface area contributed by atoms with Crippen LogP contribution in [-0.2, 0) is 20.9 Å². The predicted octanol–water partition coefficient (Wildman–Crippen LogP) is 3.06. The Morgan fingerprint density at radius 1 is 1.16 bits per heavy atom. The number of amides is 1. The van der Waals surface area contributed by atoms with Crippen LogP contribution in [-0.4, -0.2) is 30.3 Å². The van der Waals surface area contributed by atoms with Crippen LogP contribution < -0.4 is 11.1 Å². The van der Waals surface area contributed by atoms with Gasteiger partial charge in [-0.2, -0.15) is 0 Å². The molecule has 1 rings (SSSR count). The van der Waals surface area contributed by atoms with Crippen molar-refractivity contribution in [3.8, 4) is 0 Å². The molecular weight excluding hydrogens is 320 g/mol. The van der Waals surface area contributed by atoms with Gasteiger partial charge in [0, 0.05) is 6.54 Å². The van der Waals surface area contributed by atoms with E-state index in [2.05, 4.69) is 5.32 Å². The summed E-state index contributed by atoms with van der Waals surface area (Å²) in [6.45, 7) is 8.16. The van der Waals surface area contributed by atoms with E-state index in [9.17, 15) is 9.59 Å². The number of nitrogens with one attached hydrogen (secondary N) is 1. The van der Waals surface area contributed by atoms with Gasteiger partial charge < -0.3 is 20.5 Å². The van der Waals surface area contributed by atoms with Crippen LogP contribution in [0.4, 0.5) is 4.79 Å². The standard InChI is InChI=1S/C19H30N2O4/c1-14-8-10-15(11-9-14)13-24-17(22)16(20)7-5-6-12-21-18(23)25-19(2,3)4/h8-11,16H,5-7,12-13,20H2,1-4H3,(H,21,23)/t16-/m0/s1. The molecule has 0 aliphatic rings. The van der Waals surface area contributed by atoms with Crippen molar-refractivity contribution in [2.45, 2.75) is 65.2 Å². The fourth-order valence-corrected chi connectivity index (χ4v) is 2.06. The van der Waals surface area contributed by atoms with Crippen molar-refractivity contribution in [2.75, 3.05) is 6.54 Å². The summed E-state index contributed by atoms with van der Waals surface area (Å²) in [6.07, 6.45) is 1.52. The number of ether oxygens (including phenoxy) is 2. The maximum Gasteiger partial charge on any atom is 0.407 e. The molecule has 0 aliphatic heterocycles. The quantitative estimate of drug-likeness (QED) is 0.555. The molecule has 0 bridgehead atoms. The number of hydrogen-bond donors (Lipinski definition) is 2. The number of alkyl carbamates (subject to hydrolysis) is 1. The summed E-state index contributed by atoms with van der Waals surface area (Å²) in [7, 11) is 0.